The fourth-order valence-corrected chi connectivity index (χ4v) is 2.71. The summed E-state index contributed by atoms with van der Waals surface area (Å²) < 4.78 is 10.5. The summed E-state index contributed by atoms with van der Waals surface area (Å²) in [5.41, 5.74) is 5.40. The lowest BCUT2D eigenvalue weighted by Gasteiger charge is -2.36. The average molecular weight is 344 g/mol. The van der Waals surface area contributed by atoms with Gasteiger partial charge in [-0.05, 0) is 33.8 Å². The first-order valence-corrected chi connectivity index (χ1v) is 7.61. The van der Waals surface area contributed by atoms with E-state index < -0.39 is 11.7 Å². The Hall–Kier alpha value is -1.58. The van der Waals surface area contributed by atoms with Crippen molar-refractivity contribution in [3.63, 3.8) is 0 Å². The Morgan fingerprint density at radius 1 is 0.917 bits per heavy atom. The highest BCUT2D eigenvalue weighted by Crippen LogP contribution is 2.42. The number of hydrogen-bond acceptors (Lipinski definition) is 8. The second kappa shape index (κ2) is 7.12. The van der Waals surface area contributed by atoms with Crippen molar-refractivity contribution in [3.8, 4) is 11.5 Å². The molecule has 1 rings (SSSR count). The van der Waals surface area contributed by atoms with Crippen LogP contribution in [0.3, 0.4) is 0 Å². The summed E-state index contributed by atoms with van der Waals surface area (Å²) in [5, 5.41) is 39.1. The zero-order valence-corrected chi connectivity index (χ0v) is 14.9. The zero-order valence-electron chi connectivity index (χ0n) is 14.9. The number of rotatable bonds is 7. The molecule has 0 unspecified atom stereocenters. The lowest BCUT2D eigenvalue weighted by molar-refractivity contribution is -0.363. The summed E-state index contributed by atoms with van der Waals surface area (Å²) in [7, 11) is 2.76. The maximum atomic E-state index is 10.1. The van der Waals surface area contributed by atoms with Gasteiger partial charge in [0.25, 0.3) is 11.7 Å². The number of hydrogen-bond donors (Lipinski definition) is 5. The van der Waals surface area contributed by atoms with E-state index in [1.807, 2.05) is 27.7 Å². The topological polar surface area (TPSA) is 129 Å². The molecule has 0 aromatic heterocycles. The smallest absolute Gasteiger partial charge is 0.281 e. The molecule has 0 atom stereocenters. The quantitative estimate of drug-likeness (QED) is 0.439. The van der Waals surface area contributed by atoms with Crippen molar-refractivity contribution in [1.82, 2.24) is 0 Å². The van der Waals surface area contributed by atoms with E-state index in [0.29, 0.717) is 11.4 Å². The molecule has 0 radical (unpaired) electrons. The molecule has 8 nitrogen and oxygen atoms in total. The molecule has 0 aliphatic carbocycles. The van der Waals surface area contributed by atoms with Crippen molar-refractivity contribution in [2.45, 2.75) is 51.5 Å². The molecule has 24 heavy (non-hydrogen) atoms. The minimum absolute atomic E-state index is 0.0278. The van der Waals surface area contributed by atoms with Crippen LogP contribution in [0.2, 0.25) is 0 Å². The normalized spacial score (nSPS) is 12.7. The number of nitrogens with zero attached hydrogens (tertiary/aromatic N) is 1. The number of aliphatic hydroxyl groups is 4. The number of benzene rings is 1. The molecule has 0 saturated heterocycles. The van der Waals surface area contributed by atoms with Crippen molar-refractivity contribution in [1.29, 1.82) is 0 Å². The number of anilines is 1. The summed E-state index contributed by atoms with van der Waals surface area (Å²) in [6, 6.07) is 3.07. The van der Waals surface area contributed by atoms with E-state index in [1.54, 1.807) is 6.07 Å². The Morgan fingerprint density at radius 2 is 1.38 bits per heavy atom. The van der Waals surface area contributed by atoms with Crippen molar-refractivity contribution < 1.29 is 29.9 Å². The fourth-order valence-electron chi connectivity index (χ4n) is 2.71. The van der Waals surface area contributed by atoms with Crippen molar-refractivity contribution in [2.75, 3.05) is 19.1 Å². The first-order valence-electron chi connectivity index (χ1n) is 7.61. The molecule has 0 fully saturated rings. The molecular formula is C16H28N2O6. The van der Waals surface area contributed by atoms with Gasteiger partial charge in [0.15, 0.2) is 0 Å². The van der Waals surface area contributed by atoms with E-state index >= 15 is 0 Å². The number of nitrogens with two attached hydrogens (primary N) is 1. The molecular weight excluding hydrogens is 316 g/mol. The predicted octanol–water partition coefficient (Wildman–Crippen LogP) is 0.0615. The average Bonchev–Trinajstić information content (AvgIpc) is 2.44. The predicted molar refractivity (Wildman–Crippen MR) is 89.8 cm³/mol. The Morgan fingerprint density at radius 3 is 1.71 bits per heavy atom. The largest absolute Gasteiger partial charge is 0.496 e. The monoisotopic (exact) mass is 344 g/mol. The van der Waals surface area contributed by atoms with Crippen molar-refractivity contribution in [3.05, 3.63) is 17.7 Å². The van der Waals surface area contributed by atoms with Gasteiger partial charge < -0.3 is 34.8 Å². The van der Waals surface area contributed by atoms with Crippen molar-refractivity contribution >= 4 is 5.69 Å². The first-order chi connectivity index (χ1) is 10.9. The van der Waals surface area contributed by atoms with Crippen LogP contribution in [0.5, 0.6) is 11.5 Å². The van der Waals surface area contributed by atoms with E-state index in [1.165, 1.54) is 20.3 Å². The van der Waals surface area contributed by atoms with Crippen LogP contribution in [-0.4, -0.2) is 52.6 Å². The molecule has 0 bridgehead atoms. The molecule has 8 heteroatoms. The molecule has 138 valence electrons. The molecule has 1 aromatic carbocycles. The summed E-state index contributed by atoms with van der Waals surface area (Å²) in [5.74, 6) is -6.11. The first kappa shape index (κ1) is 20.5. The molecule has 6 N–H and O–H groups in total. The van der Waals surface area contributed by atoms with Crippen LogP contribution in [0, 0.1) is 0 Å². The lowest BCUT2D eigenvalue weighted by Crippen LogP contribution is -2.58. The van der Waals surface area contributed by atoms with Crippen LogP contribution in [0.25, 0.3) is 0 Å². The lowest BCUT2D eigenvalue weighted by atomic mass is 9.99. The van der Waals surface area contributed by atoms with Gasteiger partial charge in [-0.15, -0.1) is 0 Å². The third kappa shape index (κ3) is 3.73. The van der Waals surface area contributed by atoms with Gasteiger partial charge in [0.2, 0.25) is 0 Å². The van der Waals surface area contributed by atoms with Gasteiger partial charge in [0, 0.05) is 18.2 Å². The van der Waals surface area contributed by atoms with E-state index in [0.717, 1.165) is 0 Å². The highest BCUT2D eigenvalue weighted by molar-refractivity contribution is 5.65. The van der Waals surface area contributed by atoms with E-state index in [4.69, 9.17) is 15.2 Å². The Bertz CT molecular complexity index is 558. The Balaban J connectivity index is 3.65. The summed E-state index contributed by atoms with van der Waals surface area (Å²) in [6.45, 7) is 8.03. The number of ether oxygens (including phenoxy) is 2. The minimum atomic E-state index is -3.29. The second-order valence-corrected chi connectivity index (χ2v) is 6.22. The molecule has 0 amide bonds. The van der Waals surface area contributed by atoms with E-state index in [2.05, 4.69) is 4.90 Å². The van der Waals surface area contributed by atoms with Gasteiger partial charge in [-0.2, -0.15) is 0 Å². The van der Waals surface area contributed by atoms with Crippen LogP contribution in [-0.2, 0) is 5.79 Å². The molecule has 0 heterocycles. The minimum Gasteiger partial charge on any atom is -0.496 e. The molecule has 0 spiro atoms. The second-order valence-electron chi connectivity index (χ2n) is 6.22. The number of methoxy groups -OCH3 is 2. The summed E-state index contributed by atoms with van der Waals surface area (Å²) in [4.78, 5) is 2.05. The van der Waals surface area contributed by atoms with Gasteiger partial charge in [-0.3, -0.25) is 5.73 Å². The standard InChI is InChI=1S/C16H28N2O6/c1-9(2)18(10(3)4)12-8-13(23-5)11(7-14(12)24-6)15(19,20)16(17,21)22/h7-10,19-22H,17H2,1-6H3. The molecule has 0 saturated carbocycles. The van der Waals surface area contributed by atoms with Gasteiger partial charge in [-0.25, -0.2) is 0 Å². The van der Waals surface area contributed by atoms with Crippen LogP contribution in [0.4, 0.5) is 5.69 Å². The van der Waals surface area contributed by atoms with E-state index in [-0.39, 0.29) is 23.4 Å². The highest BCUT2D eigenvalue weighted by atomic mass is 16.6. The van der Waals surface area contributed by atoms with Gasteiger partial charge >= 0.3 is 0 Å². The van der Waals surface area contributed by atoms with E-state index in [9.17, 15) is 20.4 Å². The summed E-state index contributed by atoms with van der Waals surface area (Å²) in [6.07, 6.45) is 0. The Labute approximate surface area is 142 Å². The van der Waals surface area contributed by atoms with Gasteiger partial charge in [-0.1, -0.05) is 0 Å². The molecule has 0 aliphatic rings. The Kier molecular flexibility index (Phi) is 6.07. The van der Waals surface area contributed by atoms with Crippen LogP contribution < -0.4 is 20.1 Å². The van der Waals surface area contributed by atoms with Crippen molar-refractivity contribution in [2.24, 2.45) is 5.73 Å². The summed E-state index contributed by atoms with van der Waals surface area (Å²) >= 11 is 0. The maximum Gasteiger partial charge on any atom is 0.281 e. The SMILES string of the molecule is COc1cc(C(O)(O)C(N)(O)O)c(OC)cc1N(C(C)C)C(C)C. The van der Waals surface area contributed by atoms with Crippen LogP contribution >= 0.6 is 0 Å². The van der Waals surface area contributed by atoms with Gasteiger partial charge in [0.1, 0.15) is 11.5 Å². The molecule has 1 aromatic rings. The van der Waals surface area contributed by atoms with Crippen LogP contribution in [0.1, 0.15) is 33.3 Å². The third-order valence-corrected chi connectivity index (χ3v) is 3.78. The zero-order chi connectivity index (χ0) is 18.9. The third-order valence-electron chi connectivity index (χ3n) is 3.78. The maximum absolute atomic E-state index is 10.1. The molecule has 0 aliphatic heterocycles. The van der Waals surface area contributed by atoms with Gasteiger partial charge in [0.05, 0.1) is 25.5 Å². The highest BCUT2D eigenvalue weighted by Gasteiger charge is 2.48. The van der Waals surface area contributed by atoms with Crippen LogP contribution in [0.15, 0.2) is 12.1 Å². The fraction of sp³-hybridized carbons (Fsp3) is 0.625.